The first-order valence-corrected chi connectivity index (χ1v) is 15.1. The van der Waals surface area contributed by atoms with E-state index in [1.807, 2.05) is 89.5 Å². The molecule has 1 aromatic heterocycles. The molecule has 2 amide bonds. The summed E-state index contributed by atoms with van der Waals surface area (Å²) in [7, 11) is 1.66. The lowest BCUT2D eigenvalue weighted by atomic mass is 10.0. The molecular formula is C36H41N3O3. The van der Waals surface area contributed by atoms with E-state index in [1.54, 1.807) is 7.11 Å². The van der Waals surface area contributed by atoms with Gasteiger partial charge in [0.15, 0.2) is 0 Å². The van der Waals surface area contributed by atoms with Crippen molar-refractivity contribution in [2.24, 2.45) is 0 Å². The van der Waals surface area contributed by atoms with E-state index in [0.717, 1.165) is 34.8 Å². The first kappa shape index (κ1) is 29.2. The second-order valence-electron chi connectivity index (χ2n) is 11.0. The Balaban J connectivity index is 1.29. The molecular weight excluding hydrogens is 522 g/mol. The van der Waals surface area contributed by atoms with Gasteiger partial charge in [0.1, 0.15) is 5.75 Å². The highest BCUT2D eigenvalue weighted by molar-refractivity contribution is 5.98. The van der Waals surface area contributed by atoms with Crippen molar-refractivity contribution in [3.63, 3.8) is 0 Å². The van der Waals surface area contributed by atoms with Crippen LogP contribution in [0.4, 0.5) is 0 Å². The van der Waals surface area contributed by atoms with Crippen molar-refractivity contribution in [3.8, 4) is 22.7 Å². The lowest BCUT2D eigenvalue weighted by Gasteiger charge is -2.35. The van der Waals surface area contributed by atoms with Crippen LogP contribution in [0.3, 0.4) is 0 Å². The fourth-order valence-electron chi connectivity index (χ4n) is 5.76. The largest absolute Gasteiger partial charge is 0.497 e. The Morgan fingerprint density at radius 1 is 0.762 bits per heavy atom. The molecule has 1 fully saturated rings. The highest BCUT2D eigenvalue weighted by Crippen LogP contribution is 2.32. The monoisotopic (exact) mass is 563 g/mol. The van der Waals surface area contributed by atoms with Crippen LogP contribution in [0.1, 0.15) is 64.6 Å². The number of carbonyl (C=O) groups excluding carboxylic acids is 2. The molecule has 1 saturated heterocycles. The van der Waals surface area contributed by atoms with Crippen molar-refractivity contribution in [1.29, 1.82) is 0 Å². The molecule has 6 heteroatoms. The van der Waals surface area contributed by atoms with E-state index in [9.17, 15) is 9.59 Å². The zero-order valence-electron chi connectivity index (χ0n) is 25.0. The molecule has 3 aromatic carbocycles. The van der Waals surface area contributed by atoms with Crippen molar-refractivity contribution in [2.45, 2.75) is 46.0 Å². The number of piperazine rings is 1. The van der Waals surface area contributed by atoms with Gasteiger partial charge >= 0.3 is 0 Å². The molecule has 42 heavy (non-hydrogen) atoms. The predicted octanol–water partition coefficient (Wildman–Crippen LogP) is 7.18. The summed E-state index contributed by atoms with van der Waals surface area (Å²) in [6, 6.07) is 28.1. The summed E-state index contributed by atoms with van der Waals surface area (Å²) in [6.45, 7) is 6.26. The van der Waals surface area contributed by atoms with E-state index in [-0.39, 0.29) is 11.8 Å². The fraction of sp³-hybridized carbons (Fsp3) is 0.333. The van der Waals surface area contributed by atoms with Gasteiger partial charge in [0.2, 0.25) is 0 Å². The van der Waals surface area contributed by atoms with Crippen molar-refractivity contribution < 1.29 is 14.3 Å². The number of hydrogen-bond donors (Lipinski definition) is 0. The van der Waals surface area contributed by atoms with Crippen LogP contribution in [0.2, 0.25) is 0 Å². The van der Waals surface area contributed by atoms with Gasteiger partial charge in [-0.2, -0.15) is 0 Å². The number of ether oxygens (including phenoxy) is 1. The minimum Gasteiger partial charge on any atom is -0.497 e. The van der Waals surface area contributed by atoms with E-state index >= 15 is 0 Å². The number of para-hydroxylation sites is 1. The number of unbranched alkanes of at least 4 members (excludes halogenated alkanes) is 3. The summed E-state index contributed by atoms with van der Waals surface area (Å²) in [5, 5.41) is 0. The molecule has 0 aliphatic carbocycles. The molecule has 2 heterocycles. The second-order valence-corrected chi connectivity index (χ2v) is 11.0. The fourth-order valence-corrected chi connectivity index (χ4v) is 5.76. The topological polar surface area (TPSA) is 54.8 Å². The average Bonchev–Trinajstić information content (AvgIpc) is 3.40. The molecule has 0 N–H and O–H groups in total. The van der Waals surface area contributed by atoms with Crippen molar-refractivity contribution >= 4 is 11.8 Å². The molecule has 218 valence electrons. The van der Waals surface area contributed by atoms with Gasteiger partial charge in [0.05, 0.1) is 18.4 Å². The first-order valence-electron chi connectivity index (χ1n) is 15.1. The Kier molecular flexibility index (Phi) is 9.42. The summed E-state index contributed by atoms with van der Waals surface area (Å²) in [5.74, 6) is 0.790. The number of aromatic nitrogens is 1. The van der Waals surface area contributed by atoms with Gasteiger partial charge in [0, 0.05) is 48.7 Å². The van der Waals surface area contributed by atoms with Crippen LogP contribution in [0.5, 0.6) is 5.75 Å². The van der Waals surface area contributed by atoms with Crippen LogP contribution >= 0.6 is 0 Å². The number of methoxy groups -OCH3 is 1. The molecule has 5 rings (SSSR count). The molecule has 0 atom stereocenters. The Morgan fingerprint density at radius 2 is 1.45 bits per heavy atom. The lowest BCUT2D eigenvalue weighted by molar-refractivity contribution is 0.0535. The highest BCUT2D eigenvalue weighted by atomic mass is 16.5. The molecule has 0 saturated carbocycles. The molecule has 6 nitrogen and oxygen atoms in total. The minimum atomic E-state index is -0.00847. The van der Waals surface area contributed by atoms with E-state index in [4.69, 9.17) is 4.74 Å². The van der Waals surface area contributed by atoms with Crippen LogP contribution in [-0.4, -0.2) is 59.5 Å². The average molecular weight is 564 g/mol. The van der Waals surface area contributed by atoms with Crippen molar-refractivity contribution in [3.05, 3.63) is 107 Å². The van der Waals surface area contributed by atoms with E-state index < -0.39 is 0 Å². The van der Waals surface area contributed by atoms with Crippen LogP contribution in [-0.2, 0) is 6.42 Å². The van der Waals surface area contributed by atoms with Gasteiger partial charge in [-0.3, -0.25) is 9.59 Å². The lowest BCUT2D eigenvalue weighted by Crippen LogP contribution is -2.50. The molecule has 0 spiro atoms. The van der Waals surface area contributed by atoms with Crippen LogP contribution < -0.4 is 4.74 Å². The summed E-state index contributed by atoms with van der Waals surface area (Å²) < 4.78 is 7.61. The van der Waals surface area contributed by atoms with Crippen LogP contribution in [0.15, 0.2) is 84.9 Å². The van der Waals surface area contributed by atoms with E-state index in [2.05, 4.69) is 23.6 Å². The van der Waals surface area contributed by atoms with Crippen molar-refractivity contribution in [1.82, 2.24) is 14.4 Å². The summed E-state index contributed by atoms with van der Waals surface area (Å²) in [4.78, 5) is 30.8. The zero-order valence-corrected chi connectivity index (χ0v) is 25.0. The van der Waals surface area contributed by atoms with Crippen molar-refractivity contribution in [2.75, 3.05) is 33.3 Å². The molecule has 4 aromatic rings. The van der Waals surface area contributed by atoms with Gasteiger partial charge in [-0.25, -0.2) is 0 Å². The van der Waals surface area contributed by atoms with Crippen LogP contribution in [0, 0.1) is 6.92 Å². The predicted molar refractivity (Wildman–Crippen MR) is 169 cm³/mol. The Labute approximate surface area is 249 Å². The number of hydrogen-bond acceptors (Lipinski definition) is 3. The smallest absolute Gasteiger partial charge is 0.255 e. The number of aryl methyl sites for hydroxylation is 1. The quantitative estimate of drug-likeness (QED) is 0.192. The number of rotatable bonds is 10. The Hall–Kier alpha value is -4.32. The van der Waals surface area contributed by atoms with Gasteiger partial charge in [-0.05, 0) is 67.8 Å². The SMILES string of the molecule is CCCCCCc1ccc(C(=O)N2CCN(C(=O)c3cc(-c4cccc(OC)c4)n(-c4ccccc4)c3C)CC2)cc1. The van der Waals surface area contributed by atoms with E-state index in [0.29, 0.717) is 37.3 Å². The molecule has 1 aliphatic heterocycles. The van der Waals surface area contributed by atoms with Gasteiger partial charge in [-0.15, -0.1) is 0 Å². The number of amides is 2. The van der Waals surface area contributed by atoms with E-state index in [1.165, 1.54) is 31.2 Å². The number of benzene rings is 3. The normalized spacial score (nSPS) is 13.3. The first-order chi connectivity index (χ1) is 20.5. The van der Waals surface area contributed by atoms with Gasteiger partial charge < -0.3 is 19.1 Å². The molecule has 0 unspecified atom stereocenters. The van der Waals surface area contributed by atoms with Crippen LogP contribution in [0.25, 0.3) is 16.9 Å². The zero-order chi connectivity index (χ0) is 29.5. The molecule has 0 bridgehead atoms. The Bertz CT molecular complexity index is 1500. The number of carbonyl (C=O) groups is 2. The summed E-state index contributed by atoms with van der Waals surface area (Å²) >= 11 is 0. The third kappa shape index (κ3) is 6.43. The third-order valence-corrected chi connectivity index (χ3v) is 8.23. The second kappa shape index (κ2) is 13.6. The van der Waals surface area contributed by atoms with Gasteiger partial charge in [0.25, 0.3) is 11.8 Å². The molecule has 0 radical (unpaired) electrons. The summed E-state index contributed by atoms with van der Waals surface area (Å²) in [5.41, 5.74) is 6.46. The maximum atomic E-state index is 13.9. The molecule has 1 aliphatic rings. The summed E-state index contributed by atoms with van der Waals surface area (Å²) in [6.07, 6.45) is 6.00. The standard InChI is InChI=1S/C36H41N3O3/c1-4-5-6-8-12-28-17-19-29(20-18-28)35(40)37-21-23-38(24-22-37)36(41)33-26-34(30-13-11-16-32(25-30)42-3)39(27(33)2)31-14-9-7-10-15-31/h7,9-11,13-20,25-26H,4-6,8,12,21-24H2,1-3H3. The maximum absolute atomic E-state index is 13.9. The Morgan fingerprint density at radius 3 is 2.12 bits per heavy atom. The number of nitrogens with zero attached hydrogens (tertiary/aromatic N) is 3. The third-order valence-electron chi connectivity index (χ3n) is 8.23. The minimum absolute atomic E-state index is 0.00847. The maximum Gasteiger partial charge on any atom is 0.255 e. The van der Waals surface area contributed by atoms with Gasteiger partial charge in [-0.1, -0.05) is 68.7 Å². The highest BCUT2D eigenvalue weighted by Gasteiger charge is 2.28.